The maximum Gasteiger partial charge on any atom is 0.341 e. The lowest BCUT2D eigenvalue weighted by atomic mass is 10.1. The Morgan fingerprint density at radius 3 is 2.65 bits per heavy atom. The number of methoxy groups -OCH3 is 1. The van der Waals surface area contributed by atoms with Gasteiger partial charge < -0.3 is 14.8 Å². The van der Waals surface area contributed by atoms with Crippen molar-refractivity contribution in [2.24, 2.45) is 0 Å². The molecule has 0 saturated heterocycles. The molecule has 0 bridgehead atoms. The molecule has 1 N–H and O–H groups in total. The fourth-order valence-corrected chi connectivity index (χ4v) is 3.55. The molecule has 2 aromatic rings. The van der Waals surface area contributed by atoms with Gasteiger partial charge in [0.2, 0.25) is 0 Å². The fraction of sp³-hybridized carbons (Fsp3) is 0.400. The Labute approximate surface area is 158 Å². The highest BCUT2D eigenvalue weighted by Crippen LogP contribution is 2.33. The molecule has 0 aliphatic heterocycles. The van der Waals surface area contributed by atoms with E-state index in [9.17, 15) is 9.59 Å². The zero-order chi connectivity index (χ0) is 19.1. The summed E-state index contributed by atoms with van der Waals surface area (Å²) in [6, 6.07) is 7.06. The molecular weight excluding hydrogens is 350 g/mol. The number of anilines is 1. The molecule has 0 aliphatic rings. The summed E-state index contributed by atoms with van der Waals surface area (Å²) in [5, 5.41) is 3.34. The maximum atomic E-state index is 12.6. The first-order valence-corrected chi connectivity index (χ1v) is 9.52. The number of esters is 1. The third-order valence-electron chi connectivity index (χ3n) is 4.11. The molecule has 0 saturated carbocycles. The number of aryl methyl sites for hydroxylation is 1. The highest BCUT2D eigenvalue weighted by Gasteiger charge is 2.22. The summed E-state index contributed by atoms with van der Waals surface area (Å²) in [6.07, 6.45) is 3.24. The summed E-state index contributed by atoms with van der Waals surface area (Å²) in [5.41, 5.74) is 1.72. The van der Waals surface area contributed by atoms with Crippen LogP contribution in [0.2, 0.25) is 0 Å². The Balaban J connectivity index is 2.13. The molecule has 1 aromatic heterocycles. The van der Waals surface area contributed by atoms with Crippen molar-refractivity contribution in [2.45, 2.75) is 40.0 Å². The number of hydrogen-bond acceptors (Lipinski definition) is 5. The molecule has 0 aliphatic carbocycles. The van der Waals surface area contributed by atoms with Crippen LogP contribution in [0.3, 0.4) is 0 Å². The van der Waals surface area contributed by atoms with Gasteiger partial charge in [-0.2, -0.15) is 0 Å². The minimum atomic E-state index is -0.449. The number of amides is 1. The lowest BCUT2D eigenvalue weighted by molar-refractivity contribution is 0.0601. The Morgan fingerprint density at radius 2 is 1.96 bits per heavy atom. The predicted octanol–water partition coefficient (Wildman–Crippen LogP) is 4.97. The molecule has 0 atom stereocenters. The molecule has 1 amide bonds. The van der Waals surface area contributed by atoms with Crippen LogP contribution in [-0.4, -0.2) is 25.6 Å². The second kappa shape index (κ2) is 9.38. The normalized spacial score (nSPS) is 10.5. The smallest absolute Gasteiger partial charge is 0.341 e. The van der Waals surface area contributed by atoms with Crippen molar-refractivity contribution < 1.29 is 19.1 Å². The van der Waals surface area contributed by atoms with Crippen LogP contribution in [-0.2, 0) is 4.74 Å². The van der Waals surface area contributed by atoms with Crippen LogP contribution >= 0.6 is 11.3 Å². The molecule has 1 aromatic carbocycles. The predicted molar refractivity (Wildman–Crippen MR) is 105 cm³/mol. The zero-order valence-electron chi connectivity index (χ0n) is 15.7. The minimum Gasteiger partial charge on any atom is -0.494 e. The summed E-state index contributed by atoms with van der Waals surface area (Å²) >= 11 is 1.37. The monoisotopic (exact) mass is 375 g/mol. The highest BCUT2D eigenvalue weighted by atomic mass is 32.1. The van der Waals surface area contributed by atoms with Gasteiger partial charge >= 0.3 is 5.97 Å². The Kier molecular flexibility index (Phi) is 7.21. The van der Waals surface area contributed by atoms with E-state index in [0.717, 1.165) is 29.7 Å². The molecular formula is C20H25NO4S. The van der Waals surface area contributed by atoms with E-state index in [2.05, 4.69) is 12.2 Å². The van der Waals surface area contributed by atoms with Crippen LogP contribution in [0.25, 0.3) is 0 Å². The van der Waals surface area contributed by atoms with E-state index in [1.54, 1.807) is 18.2 Å². The molecule has 2 rings (SSSR count). The quantitative estimate of drug-likeness (QED) is 0.522. The average Bonchev–Trinajstić information content (AvgIpc) is 2.92. The topological polar surface area (TPSA) is 64.6 Å². The average molecular weight is 375 g/mol. The first kappa shape index (κ1) is 20.0. The number of unbranched alkanes of at least 4 members (excludes halogenated alkanes) is 2. The summed E-state index contributed by atoms with van der Waals surface area (Å²) < 4.78 is 10.5. The summed E-state index contributed by atoms with van der Waals surface area (Å²) in [5.74, 6) is -0.0638. The molecule has 0 fully saturated rings. The SMILES string of the molecule is CCCCCOc1cccc(C(=O)Nc2sc(C)c(C)c2C(=O)OC)c1. The Bertz CT molecular complexity index is 782. The van der Waals surface area contributed by atoms with Gasteiger partial charge in [-0.15, -0.1) is 11.3 Å². The molecule has 0 spiro atoms. The van der Waals surface area contributed by atoms with Gasteiger partial charge in [-0.3, -0.25) is 4.79 Å². The van der Waals surface area contributed by atoms with Crippen molar-refractivity contribution in [3.63, 3.8) is 0 Å². The van der Waals surface area contributed by atoms with Gasteiger partial charge in [-0.1, -0.05) is 25.8 Å². The van der Waals surface area contributed by atoms with E-state index in [1.807, 2.05) is 19.9 Å². The van der Waals surface area contributed by atoms with Crippen molar-refractivity contribution in [1.82, 2.24) is 0 Å². The molecule has 140 valence electrons. The number of rotatable bonds is 8. The van der Waals surface area contributed by atoms with Crippen LogP contribution in [0, 0.1) is 13.8 Å². The second-order valence-electron chi connectivity index (χ2n) is 6.02. The first-order chi connectivity index (χ1) is 12.5. The van der Waals surface area contributed by atoms with E-state index in [4.69, 9.17) is 9.47 Å². The third kappa shape index (κ3) is 4.85. The van der Waals surface area contributed by atoms with Crippen LogP contribution in [0.4, 0.5) is 5.00 Å². The van der Waals surface area contributed by atoms with Crippen molar-refractivity contribution in [1.29, 1.82) is 0 Å². The minimum absolute atomic E-state index is 0.282. The van der Waals surface area contributed by atoms with Crippen molar-refractivity contribution >= 4 is 28.2 Å². The lowest BCUT2D eigenvalue weighted by Gasteiger charge is -2.09. The van der Waals surface area contributed by atoms with Crippen LogP contribution < -0.4 is 10.1 Å². The van der Waals surface area contributed by atoms with E-state index in [0.29, 0.717) is 28.5 Å². The molecule has 0 radical (unpaired) electrons. The highest BCUT2D eigenvalue weighted by molar-refractivity contribution is 7.16. The molecule has 0 unspecified atom stereocenters. The van der Waals surface area contributed by atoms with Gasteiger partial charge in [0.1, 0.15) is 10.8 Å². The molecule has 26 heavy (non-hydrogen) atoms. The standard InChI is InChI=1S/C20H25NO4S/c1-5-6-7-11-25-16-10-8-9-15(12-16)18(22)21-19-17(20(23)24-4)13(2)14(3)26-19/h8-10,12H,5-7,11H2,1-4H3,(H,21,22). The first-order valence-electron chi connectivity index (χ1n) is 8.70. The van der Waals surface area contributed by atoms with E-state index in [1.165, 1.54) is 18.4 Å². The van der Waals surface area contributed by atoms with E-state index in [-0.39, 0.29) is 5.91 Å². The Hall–Kier alpha value is -2.34. The van der Waals surface area contributed by atoms with Gasteiger partial charge in [0, 0.05) is 10.4 Å². The number of carbonyl (C=O) groups is 2. The van der Waals surface area contributed by atoms with Gasteiger partial charge in [0.25, 0.3) is 5.91 Å². The van der Waals surface area contributed by atoms with Gasteiger partial charge in [0.05, 0.1) is 19.3 Å². The summed E-state index contributed by atoms with van der Waals surface area (Å²) in [4.78, 5) is 25.6. The Morgan fingerprint density at radius 1 is 1.19 bits per heavy atom. The number of benzene rings is 1. The summed E-state index contributed by atoms with van der Waals surface area (Å²) in [6.45, 7) is 6.53. The molecule has 1 heterocycles. The summed E-state index contributed by atoms with van der Waals surface area (Å²) in [7, 11) is 1.33. The largest absolute Gasteiger partial charge is 0.494 e. The third-order valence-corrected chi connectivity index (χ3v) is 5.24. The van der Waals surface area contributed by atoms with Crippen LogP contribution in [0.5, 0.6) is 5.75 Å². The number of ether oxygens (including phenoxy) is 2. The zero-order valence-corrected chi connectivity index (χ0v) is 16.5. The van der Waals surface area contributed by atoms with Gasteiger partial charge in [-0.25, -0.2) is 4.79 Å². The van der Waals surface area contributed by atoms with Crippen molar-refractivity contribution in [2.75, 3.05) is 19.0 Å². The van der Waals surface area contributed by atoms with Crippen LogP contribution in [0.15, 0.2) is 24.3 Å². The lowest BCUT2D eigenvalue weighted by Crippen LogP contribution is -2.14. The van der Waals surface area contributed by atoms with Crippen molar-refractivity contribution in [3.8, 4) is 5.75 Å². The number of nitrogens with one attached hydrogen (secondary N) is 1. The van der Waals surface area contributed by atoms with E-state index >= 15 is 0 Å². The van der Waals surface area contributed by atoms with Crippen LogP contribution in [0.1, 0.15) is 57.3 Å². The number of hydrogen-bond donors (Lipinski definition) is 1. The van der Waals surface area contributed by atoms with Gasteiger partial charge in [0.15, 0.2) is 0 Å². The van der Waals surface area contributed by atoms with Crippen molar-refractivity contribution in [3.05, 3.63) is 45.8 Å². The molecule has 6 heteroatoms. The molecule has 5 nitrogen and oxygen atoms in total. The number of thiophene rings is 1. The second-order valence-corrected chi connectivity index (χ2v) is 7.24. The van der Waals surface area contributed by atoms with E-state index < -0.39 is 5.97 Å². The maximum absolute atomic E-state index is 12.6. The fourth-order valence-electron chi connectivity index (χ4n) is 2.51. The number of carbonyl (C=O) groups excluding carboxylic acids is 2. The van der Waals surface area contributed by atoms with Gasteiger partial charge in [-0.05, 0) is 44.0 Å².